The number of ketones is 1. The smallest absolute Gasteiger partial charge is 0.155 e. The van der Waals surface area contributed by atoms with Gasteiger partial charge >= 0.3 is 0 Å². The van der Waals surface area contributed by atoms with Gasteiger partial charge in [-0.15, -0.1) is 0 Å². The van der Waals surface area contributed by atoms with Gasteiger partial charge in [-0.2, -0.15) is 0 Å². The number of hydrogen-bond acceptors (Lipinski definition) is 1. The van der Waals surface area contributed by atoms with Crippen molar-refractivity contribution in [1.29, 1.82) is 0 Å². The summed E-state index contributed by atoms with van der Waals surface area (Å²) in [5, 5.41) is 1.18. The molecule has 1 aliphatic rings. The average molecular weight is 306 g/mol. The zero-order valence-corrected chi connectivity index (χ0v) is 11.8. The molecule has 18 heavy (non-hydrogen) atoms. The zero-order valence-electron chi connectivity index (χ0n) is 10.2. The first-order valence-electron chi connectivity index (χ1n) is 6.52. The second kappa shape index (κ2) is 4.88. The van der Waals surface area contributed by atoms with E-state index in [0.29, 0.717) is 18.2 Å². The molecule has 2 nitrogen and oxygen atoms in total. The van der Waals surface area contributed by atoms with Gasteiger partial charge in [0.1, 0.15) is 0 Å². The van der Waals surface area contributed by atoms with Crippen LogP contribution in [-0.4, -0.2) is 10.4 Å². The number of Topliss-reactive ketones (excluding diaryl/α,β-unsaturated/α-hetero) is 1. The number of benzene rings is 1. The molecule has 0 saturated heterocycles. The van der Waals surface area contributed by atoms with Crippen molar-refractivity contribution < 1.29 is 4.79 Å². The molecule has 0 aliphatic heterocycles. The third-order valence-corrected chi connectivity index (χ3v) is 4.51. The van der Waals surface area contributed by atoms with Gasteiger partial charge < -0.3 is 4.57 Å². The number of carbonyl (C=O) groups is 1. The summed E-state index contributed by atoms with van der Waals surface area (Å²) in [6, 6.07) is 8.19. The molecule has 2 aromatic rings. The largest absolute Gasteiger partial charge is 0.339 e. The topological polar surface area (TPSA) is 22.0 Å². The van der Waals surface area contributed by atoms with Crippen LogP contribution in [0.1, 0.15) is 25.7 Å². The van der Waals surface area contributed by atoms with Crippen molar-refractivity contribution in [2.45, 2.75) is 32.2 Å². The van der Waals surface area contributed by atoms with E-state index >= 15 is 0 Å². The van der Waals surface area contributed by atoms with Crippen LogP contribution in [0.3, 0.4) is 0 Å². The second-order valence-corrected chi connectivity index (χ2v) is 5.92. The van der Waals surface area contributed by atoms with Gasteiger partial charge in [-0.1, -0.05) is 31.0 Å². The Bertz CT molecular complexity index is 581. The van der Waals surface area contributed by atoms with Gasteiger partial charge in [-0.3, -0.25) is 4.79 Å². The maximum atomic E-state index is 12.2. The fourth-order valence-corrected chi connectivity index (χ4v) is 3.46. The maximum Gasteiger partial charge on any atom is 0.155 e. The van der Waals surface area contributed by atoms with Crippen LogP contribution >= 0.6 is 15.9 Å². The summed E-state index contributed by atoms with van der Waals surface area (Å²) in [6.45, 7) is 0.511. The van der Waals surface area contributed by atoms with E-state index in [1.807, 2.05) is 18.3 Å². The molecule has 3 rings (SSSR count). The Morgan fingerprint density at radius 3 is 2.78 bits per heavy atom. The summed E-state index contributed by atoms with van der Waals surface area (Å²) < 4.78 is 3.14. The molecule has 1 aromatic heterocycles. The van der Waals surface area contributed by atoms with E-state index in [-0.39, 0.29) is 0 Å². The monoisotopic (exact) mass is 305 g/mol. The highest BCUT2D eigenvalue weighted by atomic mass is 79.9. The van der Waals surface area contributed by atoms with Crippen molar-refractivity contribution in [2.75, 3.05) is 0 Å². The predicted octanol–water partition coefficient (Wildman–Crippen LogP) is 4.16. The third kappa shape index (κ3) is 2.12. The lowest BCUT2D eigenvalue weighted by Gasteiger charge is -2.09. The molecule has 1 aromatic carbocycles. The lowest BCUT2D eigenvalue weighted by molar-refractivity contribution is -0.123. The number of aromatic nitrogens is 1. The number of carbonyl (C=O) groups excluding carboxylic acids is 1. The molecule has 1 saturated carbocycles. The first-order chi connectivity index (χ1) is 8.75. The van der Waals surface area contributed by atoms with E-state index < -0.39 is 0 Å². The van der Waals surface area contributed by atoms with Crippen LogP contribution in [0.2, 0.25) is 0 Å². The average Bonchev–Trinajstić information content (AvgIpc) is 3.00. The molecule has 0 spiro atoms. The van der Waals surface area contributed by atoms with Gasteiger partial charge in [-0.05, 0) is 34.8 Å². The Morgan fingerprint density at radius 1 is 1.28 bits per heavy atom. The standard InChI is InChI=1S/C15H16BrNO/c16-13-9-17(14-8-4-3-7-12(13)14)10-15(18)11-5-1-2-6-11/h3-4,7-9,11H,1-2,5-6,10H2. The minimum absolute atomic E-state index is 0.296. The van der Waals surface area contributed by atoms with E-state index in [1.54, 1.807) is 0 Å². The molecule has 1 fully saturated rings. The zero-order chi connectivity index (χ0) is 12.5. The highest BCUT2D eigenvalue weighted by Gasteiger charge is 2.23. The van der Waals surface area contributed by atoms with Crippen molar-refractivity contribution in [2.24, 2.45) is 5.92 Å². The summed E-state index contributed by atoms with van der Waals surface area (Å²) in [6.07, 6.45) is 6.62. The Morgan fingerprint density at radius 2 is 2.00 bits per heavy atom. The van der Waals surface area contributed by atoms with Crippen molar-refractivity contribution in [3.63, 3.8) is 0 Å². The molecule has 94 valence electrons. The van der Waals surface area contributed by atoms with E-state index in [9.17, 15) is 4.79 Å². The van der Waals surface area contributed by atoms with Crippen LogP contribution in [0.4, 0.5) is 0 Å². The fraction of sp³-hybridized carbons (Fsp3) is 0.400. The predicted molar refractivity (Wildman–Crippen MR) is 76.6 cm³/mol. The molecule has 3 heteroatoms. The summed E-state index contributed by atoms with van der Waals surface area (Å²) in [5.74, 6) is 0.686. The number of nitrogens with zero attached hydrogens (tertiary/aromatic N) is 1. The lowest BCUT2D eigenvalue weighted by Crippen LogP contribution is -2.17. The van der Waals surface area contributed by atoms with Crippen LogP contribution in [0, 0.1) is 5.92 Å². The summed E-state index contributed by atoms with van der Waals surface area (Å²) in [4.78, 5) is 12.2. The molecule has 1 aliphatic carbocycles. The molecule has 0 N–H and O–H groups in total. The number of para-hydroxylation sites is 1. The lowest BCUT2D eigenvalue weighted by atomic mass is 10.0. The third-order valence-electron chi connectivity index (χ3n) is 3.88. The van der Waals surface area contributed by atoms with Gasteiger partial charge in [0.25, 0.3) is 0 Å². The Labute approximate surface area is 115 Å². The van der Waals surface area contributed by atoms with Crippen molar-refractivity contribution in [3.8, 4) is 0 Å². The van der Waals surface area contributed by atoms with Crippen molar-refractivity contribution >= 4 is 32.6 Å². The van der Waals surface area contributed by atoms with E-state index in [2.05, 4.69) is 32.6 Å². The Hall–Kier alpha value is -1.09. The van der Waals surface area contributed by atoms with Crippen molar-refractivity contribution in [1.82, 2.24) is 4.57 Å². The van der Waals surface area contributed by atoms with Gasteiger partial charge in [0, 0.05) is 27.5 Å². The Balaban J connectivity index is 1.88. The highest BCUT2D eigenvalue weighted by molar-refractivity contribution is 9.10. The molecule has 0 radical (unpaired) electrons. The number of halogens is 1. The first-order valence-corrected chi connectivity index (χ1v) is 7.31. The molecular weight excluding hydrogens is 290 g/mol. The number of rotatable bonds is 3. The summed E-state index contributed by atoms with van der Waals surface area (Å²) >= 11 is 3.56. The highest BCUT2D eigenvalue weighted by Crippen LogP contribution is 2.29. The molecule has 0 atom stereocenters. The van der Waals surface area contributed by atoms with E-state index in [4.69, 9.17) is 0 Å². The van der Waals surface area contributed by atoms with Gasteiger partial charge in [0.15, 0.2) is 5.78 Å². The number of hydrogen-bond donors (Lipinski definition) is 0. The van der Waals surface area contributed by atoms with Gasteiger partial charge in [0.05, 0.1) is 6.54 Å². The molecule has 0 bridgehead atoms. The number of fused-ring (bicyclic) bond motifs is 1. The van der Waals surface area contributed by atoms with Crippen LogP contribution in [-0.2, 0) is 11.3 Å². The van der Waals surface area contributed by atoms with E-state index in [1.165, 1.54) is 18.2 Å². The molecule has 0 unspecified atom stereocenters. The molecule has 0 amide bonds. The quantitative estimate of drug-likeness (QED) is 0.834. The minimum Gasteiger partial charge on any atom is -0.339 e. The summed E-state index contributed by atoms with van der Waals surface area (Å²) in [7, 11) is 0. The second-order valence-electron chi connectivity index (χ2n) is 5.07. The summed E-state index contributed by atoms with van der Waals surface area (Å²) in [5.41, 5.74) is 1.13. The molecule has 1 heterocycles. The normalized spacial score (nSPS) is 16.5. The van der Waals surface area contributed by atoms with Gasteiger partial charge in [-0.25, -0.2) is 0 Å². The van der Waals surface area contributed by atoms with Crippen LogP contribution < -0.4 is 0 Å². The van der Waals surface area contributed by atoms with Crippen LogP contribution in [0.5, 0.6) is 0 Å². The van der Waals surface area contributed by atoms with Gasteiger partial charge in [0.2, 0.25) is 0 Å². The minimum atomic E-state index is 0.296. The molecular formula is C15H16BrNO. The maximum absolute atomic E-state index is 12.2. The Kier molecular flexibility index (Phi) is 3.25. The fourth-order valence-electron chi connectivity index (χ4n) is 2.88. The van der Waals surface area contributed by atoms with Crippen LogP contribution in [0.25, 0.3) is 10.9 Å². The van der Waals surface area contributed by atoms with E-state index in [0.717, 1.165) is 22.8 Å². The van der Waals surface area contributed by atoms with Crippen molar-refractivity contribution in [3.05, 3.63) is 34.9 Å². The van der Waals surface area contributed by atoms with Crippen LogP contribution in [0.15, 0.2) is 34.9 Å². The first kappa shape index (κ1) is 12.0. The SMILES string of the molecule is O=C(Cn1cc(Br)c2ccccc21)C1CCCC1.